The van der Waals surface area contributed by atoms with Gasteiger partial charge in [-0.15, -0.1) is 35.3 Å². The molecule has 0 atom stereocenters. The van der Waals surface area contributed by atoms with Gasteiger partial charge in [-0.25, -0.2) is 0 Å². The quantitative estimate of drug-likeness (QED) is 0.366. The van der Waals surface area contributed by atoms with E-state index in [-0.39, 0.29) is 36.4 Å². The van der Waals surface area contributed by atoms with Crippen LogP contribution >= 0.6 is 35.3 Å². The molecule has 1 saturated heterocycles. The van der Waals surface area contributed by atoms with Gasteiger partial charge in [0, 0.05) is 38.9 Å². The fourth-order valence-electron chi connectivity index (χ4n) is 3.15. The van der Waals surface area contributed by atoms with E-state index in [4.69, 9.17) is 0 Å². The molecule has 0 unspecified atom stereocenters. The van der Waals surface area contributed by atoms with Crippen molar-refractivity contribution in [2.24, 2.45) is 4.99 Å². The highest BCUT2D eigenvalue weighted by molar-refractivity contribution is 14.0. The molecule has 0 aliphatic carbocycles. The number of piperazine rings is 1. The second-order valence-corrected chi connectivity index (χ2v) is 7.35. The number of rotatable bonds is 5. The number of aryl methyl sites for hydroxylation is 1. The van der Waals surface area contributed by atoms with E-state index in [9.17, 15) is 4.79 Å². The molecule has 2 aromatic rings. The zero-order valence-corrected chi connectivity index (χ0v) is 19.5. The lowest BCUT2D eigenvalue weighted by Gasteiger charge is -2.36. The lowest BCUT2D eigenvalue weighted by Crippen LogP contribution is -2.53. The molecule has 2 N–H and O–H groups in total. The summed E-state index contributed by atoms with van der Waals surface area (Å²) < 4.78 is 0. The van der Waals surface area contributed by atoms with Gasteiger partial charge in [0.2, 0.25) is 5.91 Å². The van der Waals surface area contributed by atoms with Crippen molar-refractivity contribution in [1.29, 1.82) is 0 Å². The number of nitrogens with one attached hydrogen (secondary N) is 2. The van der Waals surface area contributed by atoms with Crippen LogP contribution in [0.3, 0.4) is 0 Å². The molecule has 0 radical (unpaired) electrons. The van der Waals surface area contributed by atoms with E-state index >= 15 is 0 Å². The number of anilines is 2. The smallest absolute Gasteiger partial charge is 0.243 e. The fourth-order valence-corrected chi connectivity index (χ4v) is 3.94. The Kier molecular flexibility index (Phi) is 9.04. The highest BCUT2D eigenvalue weighted by atomic mass is 127. The number of benzene rings is 1. The number of halogens is 1. The first kappa shape index (κ1) is 22.5. The van der Waals surface area contributed by atoms with E-state index in [0.717, 1.165) is 44.2 Å². The number of carbonyl (C=O) groups is 1. The van der Waals surface area contributed by atoms with Gasteiger partial charge in [0.1, 0.15) is 0 Å². The molecule has 1 amide bonds. The molecular formula is C20H28IN5OS. The Hall–Kier alpha value is -1.81. The van der Waals surface area contributed by atoms with E-state index in [1.807, 2.05) is 18.2 Å². The fraction of sp³-hybridized carbons (Fsp3) is 0.400. The molecule has 0 spiro atoms. The molecule has 0 bridgehead atoms. The Balaban J connectivity index is 0.00000280. The summed E-state index contributed by atoms with van der Waals surface area (Å²) in [5, 5.41) is 9.55. The van der Waals surface area contributed by atoms with Crippen molar-refractivity contribution < 1.29 is 4.79 Å². The molecule has 1 aromatic carbocycles. The summed E-state index contributed by atoms with van der Waals surface area (Å²) in [4.78, 5) is 21.2. The van der Waals surface area contributed by atoms with Crippen LogP contribution in [0.5, 0.6) is 0 Å². The summed E-state index contributed by atoms with van der Waals surface area (Å²) in [5.41, 5.74) is 2.04. The van der Waals surface area contributed by atoms with E-state index in [2.05, 4.69) is 55.9 Å². The lowest BCUT2D eigenvalue weighted by atomic mass is 10.1. The number of amides is 1. The molecule has 0 saturated carbocycles. The summed E-state index contributed by atoms with van der Waals surface area (Å²) in [6.45, 7) is 5.99. The van der Waals surface area contributed by atoms with Crippen LogP contribution in [0.1, 0.15) is 12.5 Å². The first-order valence-corrected chi connectivity index (χ1v) is 10.2. The number of thiophene rings is 1. The van der Waals surface area contributed by atoms with Gasteiger partial charge in [0.25, 0.3) is 0 Å². The summed E-state index contributed by atoms with van der Waals surface area (Å²) in [6.07, 6.45) is 0.950. The highest BCUT2D eigenvalue weighted by Crippen LogP contribution is 2.22. The Morgan fingerprint density at radius 3 is 2.61 bits per heavy atom. The van der Waals surface area contributed by atoms with Gasteiger partial charge in [-0.3, -0.25) is 9.79 Å². The van der Waals surface area contributed by atoms with Crippen molar-refractivity contribution >= 4 is 57.9 Å². The number of hydrogen-bond acceptors (Lipinski definition) is 4. The minimum Gasteiger partial charge on any atom is -0.360 e. The average Bonchev–Trinajstić information content (AvgIpc) is 3.24. The van der Waals surface area contributed by atoms with Crippen molar-refractivity contribution in [2.45, 2.75) is 13.3 Å². The summed E-state index contributed by atoms with van der Waals surface area (Å²) >= 11 is 1.77. The normalized spacial score (nSPS) is 14.4. The van der Waals surface area contributed by atoms with Gasteiger partial charge < -0.3 is 20.4 Å². The van der Waals surface area contributed by atoms with Gasteiger partial charge in [0.15, 0.2) is 5.96 Å². The number of guanidine groups is 1. The summed E-state index contributed by atoms with van der Waals surface area (Å²) in [5.74, 6) is 0.708. The molecule has 3 rings (SSSR count). The Morgan fingerprint density at radius 2 is 1.96 bits per heavy atom. The van der Waals surface area contributed by atoms with Crippen LogP contribution in [0.4, 0.5) is 10.7 Å². The van der Waals surface area contributed by atoms with Gasteiger partial charge in [-0.2, -0.15) is 0 Å². The van der Waals surface area contributed by atoms with Crippen LogP contribution in [-0.4, -0.2) is 56.5 Å². The Morgan fingerprint density at radius 1 is 1.18 bits per heavy atom. The maximum absolute atomic E-state index is 12.3. The van der Waals surface area contributed by atoms with Crippen molar-refractivity contribution in [3.05, 3.63) is 47.3 Å². The van der Waals surface area contributed by atoms with Crippen molar-refractivity contribution in [3.63, 3.8) is 0 Å². The van der Waals surface area contributed by atoms with Crippen LogP contribution in [0, 0.1) is 0 Å². The molecule has 2 heterocycles. The third-order valence-electron chi connectivity index (χ3n) is 4.63. The number of nitrogens with zero attached hydrogens (tertiary/aromatic N) is 3. The summed E-state index contributed by atoms with van der Waals surface area (Å²) in [6, 6.07) is 12.2. The van der Waals surface area contributed by atoms with E-state index in [1.54, 1.807) is 18.4 Å². The molecule has 1 fully saturated rings. The molecule has 1 aliphatic rings. The predicted octanol–water partition coefficient (Wildman–Crippen LogP) is 3.26. The number of carbonyl (C=O) groups excluding carboxylic acids is 1. The van der Waals surface area contributed by atoms with Crippen molar-refractivity contribution in [3.8, 4) is 0 Å². The monoisotopic (exact) mass is 513 g/mol. The average molecular weight is 513 g/mol. The SMILES string of the molecule is CCc1cccc(NC(=O)CNC(=NC)N2CCN(c3cccs3)CC2)c1.I. The molecule has 1 aromatic heterocycles. The van der Waals surface area contributed by atoms with Crippen LogP contribution in [-0.2, 0) is 11.2 Å². The largest absolute Gasteiger partial charge is 0.360 e. The summed E-state index contributed by atoms with van der Waals surface area (Å²) in [7, 11) is 1.76. The second kappa shape index (κ2) is 11.3. The van der Waals surface area contributed by atoms with Gasteiger partial charge in [-0.1, -0.05) is 19.1 Å². The topological polar surface area (TPSA) is 60.0 Å². The van der Waals surface area contributed by atoms with Gasteiger partial charge >= 0.3 is 0 Å². The molecular weight excluding hydrogens is 485 g/mol. The standard InChI is InChI=1S/C20H27N5OS.HI/c1-3-16-6-4-7-17(14-16)23-18(26)15-22-20(21-2)25-11-9-24(10-12-25)19-8-5-13-27-19;/h4-8,13-14H,3,9-12,15H2,1-2H3,(H,21,22)(H,23,26);1H. The number of aliphatic imine (C=N–C) groups is 1. The zero-order valence-electron chi connectivity index (χ0n) is 16.4. The molecule has 28 heavy (non-hydrogen) atoms. The highest BCUT2D eigenvalue weighted by Gasteiger charge is 2.20. The molecule has 8 heteroatoms. The third-order valence-corrected chi connectivity index (χ3v) is 5.56. The minimum atomic E-state index is -0.0679. The second-order valence-electron chi connectivity index (χ2n) is 6.43. The van der Waals surface area contributed by atoms with Crippen LogP contribution in [0.15, 0.2) is 46.8 Å². The molecule has 6 nitrogen and oxygen atoms in total. The van der Waals surface area contributed by atoms with Gasteiger partial charge in [0.05, 0.1) is 11.5 Å². The van der Waals surface area contributed by atoms with Crippen LogP contribution in [0.25, 0.3) is 0 Å². The third kappa shape index (κ3) is 6.10. The molecule has 1 aliphatic heterocycles. The van der Waals surface area contributed by atoms with E-state index in [0.29, 0.717) is 0 Å². The zero-order chi connectivity index (χ0) is 19.1. The predicted molar refractivity (Wildman–Crippen MR) is 129 cm³/mol. The van der Waals surface area contributed by atoms with Crippen molar-refractivity contribution in [1.82, 2.24) is 10.2 Å². The van der Waals surface area contributed by atoms with Crippen LogP contribution < -0.4 is 15.5 Å². The van der Waals surface area contributed by atoms with E-state index in [1.165, 1.54) is 10.6 Å². The first-order chi connectivity index (χ1) is 13.2. The Bertz CT molecular complexity index is 773. The first-order valence-electron chi connectivity index (χ1n) is 9.32. The van der Waals surface area contributed by atoms with E-state index < -0.39 is 0 Å². The minimum absolute atomic E-state index is 0. The number of hydrogen-bond donors (Lipinski definition) is 2. The van der Waals surface area contributed by atoms with Crippen molar-refractivity contribution in [2.75, 3.05) is 50.0 Å². The Labute approximate surface area is 188 Å². The maximum atomic E-state index is 12.3. The molecule has 152 valence electrons. The van der Waals surface area contributed by atoms with Crippen LogP contribution in [0.2, 0.25) is 0 Å². The lowest BCUT2D eigenvalue weighted by molar-refractivity contribution is -0.115. The van der Waals surface area contributed by atoms with Gasteiger partial charge in [-0.05, 0) is 41.6 Å². The maximum Gasteiger partial charge on any atom is 0.243 e.